The molecule has 2 rings (SSSR count). The zero-order valence-electron chi connectivity index (χ0n) is 16.7. The number of aromatic hydroxyl groups is 1. The molecule has 1 fully saturated rings. The van der Waals surface area contributed by atoms with Crippen molar-refractivity contribution in [1.29, 1.82) is 0 Å². The molecule has 0 radical (unpaired) electrons. The first-order valence-electron chi connectivity index (χ1n) is 9.80. The van der Waals surface area contributed by atoms with Gasteiger partial charge in [0.05, 0.1) is 16.8 Å². The molecule has 0 amide bonds. The molecule has 158 valence electrons. The normalized spacial score (nSPS) is 18.6. The first-order valence-corrected chi connectivity index (χ1v) is 12.2. The van der Waals surface area contributed by atoms with Crippen molar-refractivity contribution in [3.05, 3.63) is 27.7 Å². The lowest BCUT2D eigenvalue weighted by Gasteiger charge is -2.28. The van der Waals surface area contributed by atoms with E-state index in [4.69, 9.17) is 23.2 Å². The van der Waals surface area contributed by atoms with Crippen LogP contribution in [-0.4, -0.2) is 37.6 Å². The van der Waals surface area contributed by atoms with Crippen LogP contribution in [0.15, 0.2) is 17.1 Å². The number of phenolic OH excluding ortho intramolecular Hbond substituents is 1. The molecule has 8 heteroatoms. The standard InChI is InChI=1S/C20H30Cl2N2O3S/c1-13(2)19(23-11-16-9-17(21)10-18(22)20(16)25)12-28(26,27)24-14(3)15-7-5-4-6-8-15/h9-11,13-15,19,24-25H,4-8,12H2,1-3H3/t14-,19+/m0/s1. The monoisotopic (exact) mass is 448 g/mol. The minimum absolute atomic E-state index is 0.00890. The Labute approximate surface area is 178 Å². The van der Waals surface area contributed by atoms with E-state index in [1.807, 2.05) is 20.8 Å². The van der Waals surface area contributed by atoms with Gasteiger partial charge in [0.25, 0.3) is 0 Å². The zero-order valence-corrected chi connectivity index (χ0v) is 19.0. The number of aliphatic imine (C=N–C) groups is 1. The average Bonchev–Trinajstić information content (AvgIpc) is 2.62. The highest BCUT2D eigenvalue weighted by molar-refractivity contribution is 7.89. The van der Waals surface area contributed by atoms with E-state index >= 15 is 0 Å². The van der Waals surface area contributed by atoms with Gasteiger partial charge in [-0.2, -0.15) is 0 Å². The van der Waals surface area contributed by atoms with Crippen molar-refractivity contribution in [3.63, 3.8) is 0 Å². The average molecular weight is 449 g/mol. The smallest absolute Gasteiger partial charge is 0.213 e. The molecule has 2 atom stereocenters. The molecular formula is C20H30Cl2N2O3S. The van der Waals surface area contributed by atoms with Crippen LogP contribution in [0.25, 0.3) is 0 Å². The van der Waals surface area contributed by atoms with Gasteiger partial charge < -0.3 is 5.11 Å². The summed E-state index contributed by atoms with van der Waals surface area (Å²) in [5.74, 6) is 0.182. The number of halogens is 2. The highest BCUT2D eigenvalue weighted by atomic mass is 35.5. The van der Waals surface area contributed by atoms with Crippen molar-refractivity contribution in [2.75, 3.05) is 5.75 Å². The summed E-state index contributed by atoms with van der Waals surface area (Å²) in [6, 6.07) is 2.46. The summed E-state index contributed by atoms with van der Waals surface area (Å²) in [4.78, 5) is 4.42. The van der Waals surface area contributed by atoms with Crippen LogP contribution in [0.3, 0.4) is 0 Å². The quantitative estimate of drug-likeness (QED) is 0.547. The van der Waals surface area contributed by atoms with E-state index in [1.165, 1.54) is 31.5 Å². The molecule has 0 bridgehead atoms. The summed E-state index contributed by atoms with van der Waals surface area (Å²) in [7, 11) is -3.48. The van der Waals surface area contributed by atoms with Crippen molar-refractivity contribution in [2.24, 2.45) is 16.8 Å². The van der Waals surface area contributed by atoms with Crippen molar-refractivity contribution in [3.8, 4) is 5.75 Å². The van der Waals surface area contributed by atoms with Gasteiger partial charge in [-0.1, -0.05) is 56.3 Å². The molecule has 1 aliphatic carbocycles. The maximum absolute atomic E-state index is 12.7. The van der Waals surface area contributed by atoms with E-state index < -0.39 is 16.1 Å². The molecular weight excluding hydrogens is 419 g/mol. The van der Waals surface area contributed by atoms with E-state index in [-0.39, 0.29) is 28.5 Å². The molecule has 5 nitrogen and oxygen atoms in total. The molecule has 1 aliphatic rings. The van der Waals surface area contributed by atoms with E-state index in [0.717, 1.165) is 12.8 Å². The van der Waals surface area contributed by atoms with Gasteiger partial charge in [-0.25, -0.2) is 13.1 Å². The van der Waals surface area contributed by atoms with Gasteiger partial charge in [-0.05, 0) is 43.7 Å². The first kappa shape index (κ1) is 23.5. The minimum atomic E-state index is -3.48. The predicted octanol–water partition coefficient (Wildman–Crippen LogP) is 5.03. The molecule has 0 unspecified atom stereocenters. The third-order valence-electron chi connectivity index (χ3n) is 5.34. The maximum Gasteiger partial charge on any atom is 0.213 e. The van der Waals surface area contributed by atoms with Crippen LogP contribution in [0.2, 0.25) is 10.0 Å². The summed E-state index contributed by atoms with van der Waals surface area (Å²) >= 11 is 11.9. The molecule has 1 saturated carbocycles. The van der Waals surface area contributed by atoms with Crippen LogP contribution in [-0.2, 0) is 10.0 Å². The zero-order chi connectivity index (χ0) is 20.9. The first-order chi connectivity index (χ1) is 13.1. The highest BCUT2D eigenvalue weighted by Gasteiger charge is 2.27. The lowest BCUT2D eigenvalue weighted by atomic mass is 9.85. The fourth-order valence-electron chi connectivity index (χ4n) is 3.55. The SMILES string of the molecule is CC(C)[C@@H](CS(=O)(=O)N[C@@H](C)C1CCCCC1)N=Cc1cc(Cl)cc(Cl)c1O. The third-order valence-corrected chi connectivity index (χ3v) is 7.36. The predicted molar refractivity (Wildman–Crippen MR) is 117 cm³/mol. The van der Waals surface area contributed by atoms with Gasteiger partial charge in [-0.3, -0.25) is 4.99 Å². The topological polar surface area (TPSA) is 78.8 Å². The summed E-state index contributed by atoms with van der Waals surface area (Å²) in [5, 5.41) is 10.6. The Hall–Kier alpha value is -0.820. The third kappa shape index (κ3) is 6.90. The molecule has 28 heavy (non-hydrogen) atoms. The van der Waals surface area contributed by atoms with Crippen molar-refractivity contribution < 1.29 is 13.5 Å². The van der Waals surface area contributed by atoms with Gasteiger partial charge in [0.1, 0.15) is 5.75 Å². The molecule has 0 aliphatic heterocycles. The number of rotatable bonds is 8. The number of phenols is 1. The molecule has 2 N–H and O–H groups in total. The van der Waals surface area contributed by atoms with Crippen molar-refractivity contribution >= 4 is 39.4 Å². The molecule has 1 aromatic carbocycles. The summed E-state index contributed by atoms with van der Waals surface area (Å²) in [6.07, 6.45) is 7.16. The Kier molecular flexibility index (Phi) is 8.61. The number of benzene rings is 1. The van der Waals surface area contributed by atoms with Gasteiger partial charge in [0, 0.05) is 22.8 Å². The van der Waals surface area contributed by atoms with Crippen LogP contribution >= 0.6 is 23.2 Å². The van der Waals surface area contributed by atoms with Gasteiger partial charge >= 0.3 is 0 Å². The maximum atomic E-state index is 12.7. The Bertz CT molecular complexity index is 791. The lowest BCUT2D eigenvalue weighted by molar-refractivity contribution is 0.302. The Morgan fingerprint density at radius 2 is 1.86 bits per heavy atom. The second-order valence-corrected chi connectivity index (χ2v) is 10.6. The van der Waals surface area contributed by atoms with Gasteiger partial charge in [0.15, 0.2) is 0 Å². The van der Waals surface area contributed by atoms with E-state index in [1.54, 1.807) is 6.07 Å². The van der Waals surface area contributed by atoms with E-state index in [0.29, 0.717) is 16.5 Å². The molecule has 0 heterocycles. The van der Waals surface area contributed by atoms with Crippen LogP contribution in [0.5, 0.6) is 5.75 Å². The number of hydrogen-bond donors (Lipinski definition) is 2. The van der Waals surface area contributed by atoms with Crippen molar-refractivity contribution in [1.82, 2.24) is 4.72 Å². The fourth-order valence-corrected chi connectivity index (χ4v) is 5.84. The van der Waals surface area contributed by atoms with Crippen molar-refractivity contribution in [2.45, 2.75) is 65.0 Å². The lowest BCUT2D eigenvalue weighted by Crippen LogP contribution is -2.42. The Morgan fingerprint density at radius 1 is 1.21 bits per heavy atom. The minimum Gasteiger partial charge on any atom is -0.506 e. The van der Waals surface area contributed by atoms with E-state index in [9.17, 15) is 13.5 Å². The fraction of sp³-hybridized carbons (Fsp3) is 0.650. The largest absolute Gasteiger partial charge is 0.506 e. The second-order valence-electron chi connectivity index (χ2n) is 8.00. The highest BCUT2D eigenvalue weighted by Crippen LogP contribution is 2.30. The second kappa shape index (κ2) is 10.3. The Balaban J connectivity index is 2.09. The molecule has 0 spiro atoms. The molecule has 0 aromatic heterocycles. The number of nitrogens with zero attached hydrogens (tertiary/aromatic N) is 1. The van der Waals surface area contributed by atoms with Gasteiger partial charge in [-0.15, -0.1) is 0 Å². The summed E-state index contributed by atoms with van der Waals surface area (Å²) < 4.78 is 28.3. The van der Waals surface area contributed by atoms with Crippen LogP contribution in [0, 0.1) is 11.8 Å². The molecule has 1 aromatic rings. The van der Waals surface area contributed by atoms with Crippen LogP contribution in [0.1, 0.15) is 58.4 Å². The Morgan fingerprint density at radius 3 is 2.46 bits per heavy atom. The summed E-state index contributed by atoms with van der Waals surface area (Å²) in [5.41, 5.74) is 0.365. The van der Waals surface area contributed by atoms with Crippen LogP contribution in [0.4, 0.5) is 0 Å². The van der Waals surface area contributed by atoms with Crippen LogP contribution < -0.4 is 4.72 Å². The number of hydrogen-bond acceptors (Lipinski definition) is 4. The number of sulfonamides is 1. The number of nitrogens with one attached hydrogen (secondary N) is 1. The molecule has 0 saturated heterocycles. The van der Waals surface area contributed by atoms with E-state index in [2.05, 4.69) is 9.71 Å². The summed E-state index contributed by atoms with van der Waals surface area (Å²) in [6.45, 7) is 5.80. The van der Waals surface area contributed by atoms with Gasteiger partial charge in [0.2, 0.25) is 10.0 Å².